The van der Waals surface area contributed by atoms with Crippen LogP contribution in [0.3, 0.4) is 0 Å². The van der Waals surface area contributed by atoms with Crippen molar-refractivity contribution in [2.24, 2.45) is 0 Å². The van der Waals surface area contributed by atoms with Gasteiger partial charge in [0.25, 0.3) is 0 Å². The van der Waals surface area contributed by atoms with Crippen LogP contribution < -0.4 is 0 Å². The molecule has 0 radical (unpaired) electrons. The molecule has 0 aliphatic heterocycles. The first-order valence-electron chi connectivity index (χ1n) is 2.88. The van der Waals surface area contributed by atoms with E-state index < -0.39 is 0 Å². The predicted molar refractivity (Wildman–Crippen MR) is 49.9 cm³/mol. The standard InChI is InChI=1S/C7H7Cl2P/c8-6-2-1-5(4-10)7(9)3-6/h1-3H,4,10H2. The highest BCUT2D eigenvalue weighted by atomic mass is 35.5. The van der Waals surface area contributed by atoms with Gasteiger partial charge in [0.1, 0.15) is 0 Å². The molecule has 1 aromatic carbocycles. The van der Waals surface area contributed by atoms with E-state index in [1.165, 1.54) is 0 Å². The molecule has 10 heavy (non-hydrogen) atoms. The van der Waals surface area contributed by atoms with Gasteiger partial charge < -0.3 is 0 Å². The lowest BCUT2D eigenvalue weighted by atomic mass is 10.2. The smallest absolute Gasteiger partial charge is 0.0456 e. The number of hydrogen-bond donors (Lipinski definition) is 0. The van der Waals surface area contributed by atoms with Crippen molar-refractivity contribution in [3.05, 3.63) is 33.8 Å². The topological polar surface area (TPSA) is 0 Å². The van der Waals surface area contributed by atoms with Gasteiger partial charge in [-0.2, -0.15) is 0 Å². The lowest BCUT2D eigenvalue weighted by Crippen LogP contribution is -1.77. The molecular formula is C7H7Cl2P. The molecule has 0 heterocycles. The van der Waals surface area contributed by atoms with E-state index in [2.05, 4.69) is 9.24 Å². The zero-order valence-corrected chi connectivity index (χ0v) is 7.94. The minimum absolute atomic E-state index is 0.687. The zero-order chi connectivity index (χ0) is 7.56. The van der Waals surface area contributed by atoms with Crippen molar-refractivity contribution >= 4 is 32.4 Å². The molecule has 0 bridgehead atoms. The van der Waals surface area contributed by atoms with Crippen LogP contribution in [-0.2, 0) is 6.16 Å². The summed E-state index contributed by atoms with van der Waals surface area (Å²) in [5.74, 6) is 0. The molecule has 0 saturated carbocycles. The molecule has 0 aliphatic carbocycles. The minimum atomic E-state index is 0.687. The fraction of sp³-hybridized carbons (Fsp3) is 0.143. The van der Waals surface area contributed by atoms with E-state index in [1.54, 1.807) is 6.07 Å². The van der Waals surface area contributed by atoms with Crippen molar-refractivity contribution in [1.82, 2.24) is 0 Å². The summed E-state index contributed by atoms with van der Waals surface area (Å²) in [4.78, 5) is 0. The average Bonchev–Trinajstić information content (AvgIpc) is 1.88. The molecule has 0 aromatic heterocycles. The van der Waals surface area contributed by atoms with Crippen LogP contribution in [0, 0.1) is 0 Å². The number of benzene rings is 1. The molecular weight excluding hydrogens is 186 g/mol. The van der Waals surface area contributed by atoms with Crippen LogP contribution in [-0.4, -0.2) is 0 Å². The Morgan fingerprint density at radius 3 is 2.50 bits per heavy atom. The Bertz CT molecular complexity index is 235. The third-order valence-electron chi connectivity index (χ3n) is 1.24. The molecule has 0 spiro atoms. The van der Waals surface area contributed by atoms with E-state index >= 15 is 0 Å². The molecule has 0 fully saturated rings. The second-order valence-electron chi connectivity index (χ2n) is 1.94. The lowest BCUT2D eigenvalue weighted by Gasteiger charge is -1.98. The van der Waals surface area contributed by atoms with Gasteiger partial charge in [-0.15, -0.1) is 9.24 Å². The van der Waals surface area contributed by atoms with Crippen LogP contribution in [0.25, 0.3) is 0 Å². The summed E-state index contributed by atoms with van der Waals surface area (Å²) in [5, 5.41) is 1.43. The van der Waals surface area contributed by atoms with Gasteiger partial charge in [0, 0.05) is 10.0 Å². The highest BCUT2D eigenvalue weighted by molar-refractivity contribution is 7.15. The van der Waals surface area contributed by atoms with E-state index in [0.717, 1.165) is 16.7 Å². The molecule has 0 amide bonds. The SMILES string of the molecule is PCc1ccc(Cl)cc1Cl. The molecule has 0 aliphatic rings. The maximum absolute atomic E-state index is 5.83. The van der Waals surface area contributed by atoms with Gasteiger partial charge in [0.15, 0.2) is 0 Å². The van der Waals surface area contributed by atoms with E-state index in [9.17, 15) is 0 Å². The van der Waals surface area contributed by atoms with Crippen LogP contribution in [0.4, 0.5) is 0 Å². The van der Waals surface area contributed by atoms with Crippen LogP contribution in [0.1, 0.15) is 5.56 Å². The highest BCUT2D eigenvalue weighted by Crippen LogP contribution is 2.22. The van der Waals surface area contributed by atoms with E-state index in [4.69, 9.17) is 23.2 Å². The highest BCUT2D eigenvalue weighted by Gasteiger charge is 1.96. The normalized spacial score (nSPS) is 9.90. The maximum Gasteiger partial charge on any atom is 0.0456 e. The van der Waals surface area contributed by atoms with E-state index in [-0.39, 0.29) is 0 Å². The monoisotopic (exact) mass is 192 g/mol. The van der Waals surface area contributed by atoms with Gasteiger partial charge in [-0.05, 0) is 23.9 Å². The molecule has 0 N–H and O–H groups in total. The molecule has 1 aromatic rings. The predicted octanol–water partition coefficient (Wildman–Crippen LogP) is 3.37. The average molecular weight is 193 g/mol. The van der Waals surface area contributed by atoms with Crippen LogP contribution in [0.5, 0.6) is 0 Å². The Labute approximate surface area is 72.7 Å². The Morgan fingerprint density at radius 2 is 2.00 bits per heavy atom. The van der Waals surface area contributed by atoms with E-state index in [1.807, 2.05) is 12.1 Å². The van der Waals surface area contributed by atoms with E-state index in [0.29, 0.717) is 5.02 Å². The maximum atomic E-state index is 5.83. The first-order valence-corrected chi connectivity index (χ1v) is 4.45. The summed E-state index contributed by atoms with van der Waals surface area (Å²) in [7, 11) is 2.62. The van der Waals surface area contributed by atoms with Gasteiger partial charge in [-0.3, -0.25) is 0 Å². The third kappa shape index (κ3) is 1.85. The molecule has 54 valence electrons. The van der Waals surface area contributed by atoms with Gasteiger partial charge in [-0.1, -0.05) is 29.3 Å². The second kappa shape index (κ2) is 3.57. The molecule has 0 saturated heterocycles. The molecule has 1 rings (SSSR count). The van der Waals surface area contributed by atoms with Crippen molar-refractivity contribution in [3.63, 3.8) is 0 Å². The molecule has 1 atom stereocenters. The van der Waals surface area contributed by atoms with Gasteiger partial charge in [0.05, 0.1) is 0 Å². The van der Waals surface area contributed by atoms with Crippen molar-refractivity contribution < 1.29 is 0 Å². The molecule has 1 unspecified atom stereocenters. The van der Waals surface area contributed by atoms with Gasteiger partial charge in [-0.25, -0.2) is 0 Å². The fourth-order valence-corrected chi connectivity index (χ4v) is 1.66. The summed E-state index contributed by atoms with van der Waals surface area (Å²) in [5.41, 5.74) is 1.11. The Kier molecular flexibility index (Phi) is 2.97. The number of halogens is 2. The lowest BCUT2D eigenvalue weighted by molar-refractivity contribution is 1.42. The second-order valence-corrected chi connectivity index (χ2v) is 3.19. The Morgan fingerprint density at radius 1 is 1.30 bits per heavy atom. The molecule has 3 heteroatoms. The Hall–Kier alpha value is 0.230. The van der Waals surface area contributed by atoms with Gasteiger partial charge >= 0.3 is 0 Å². The van der Waals surface area contributed by atoms with Crippen molar-refractivity contribution in [2.45, 2.75) is 6.16 Å². The van der Waals surface area contributed by atoms with Crippen molar-refractivity contribution in [3.8, 4) is 0 Å². The Balaban J connectivity index is 3.07. The van der Waals surface area contributed by atoms with Crippen LogP contribution >= 0.6 is 32.4 Å². The number of hydrogen-bond acceptors (Lipinski definition) is 0. The molecule has 0 nitrogen and oxygen atoms in total. The van der Waals surface area contributed by atoms with Gasteiger partial charge in [0.2, 0.25) is 0 Å². The van der Waals surface area contributed by atoms with Crippen LogP contribution in [0.2, 0.25) is 10.0 Å². The third-order valence-corrected chi connectivity index (χ3v) is 2.26. The van der Waals surface area contributed by atoms with Crippen molar-refractivity contribution in [1.29, 1.82) is 0 Å². The summed E-state index contributed by atoms with van der Waals surface area (Å²) < 4.78 is 0. The zero-order valence-electron chi connectivity index (χ0n) is 5.27. The fourth-order valence-electron chi connectivity index (χ4n) is 0.687. The number of rotatable bonds is 1. The van der Waals surface area contributed by atoms with Crippen molar-refractivity contribution in [2.75, 3.05) is 0 Å². The summed E-state index contributed by atoms with van der Waals surface area (Å²) in [6.07, 6.45) is 0.871. The summed E-state index contributed by atoms with van der Waals surface area (Å²) >= 11 is 11.5. The first-order chi connectivity index (χ1) is 4.74. The van der Waals surface area contributed by atoms with Crippen LogP contribution in [0.15, 0.2) is 18.2 Å². The largest absolute Gasteiger partial charge is 0.133 e. The quantitative estimate of drug-likeness (QED) is 0.599. The summed E-state index contributed by atoms with van der Waals surface area (Å²) in [6.45, 7) is 0. The first kappa shape index (κ1) is 8.33. The summed E-state index contributed by atoms with van der Waals surface area (Å²) in [6, 6.07) is 5.52. The minimum Gasteiger partial charge on any atom is -0.133 e.